The molecule has 0 fully saturated rings. The third kappa shape index (κ3) is 6.51. The highest BCUT2D eigenvalue weighted by molar-refractivity contribution is 7.98. The van der Waals surface area contributed by atoms with Crippen molar-refractivity contribution in [3.8, 4) is 0 Å². The van der Waals surface area contributed by atoms with E-state index in [9.17, 15) is 13.2 Å². The maximum absolute atomic E-state index is 12.2. The van der Waals surface area contributed by atoms with Crippen LogP contribution in [0.25, 0.3) is 10.8 Å². The molecule has 0 aromatic heterocycles. The number of anilines is 1. The van der Waals surface area contributed by atoms with Gasteiger partial charge in [0.2, 0.25) is 15.9 Å². The first-order chi connectivity index (χ1) is 13.9. The smallest absolute Gasteiger partial charge is 0.229 e. The Bertz CT molecular complexity index is 1090. The van der Waals surface area contributed by atoms with Gasteiger partial charge in [0.15, 0.2) is 0 Å². The van der Waals surface area contributed by atoms with Crippen LogP contribution in [0.15, 0.2) is 66.7 Å². The fourth-order valence-corrected chi connectivity index (χ4v) is 4.53. The molecule has 0 unspecified atom stereocenters. The summed E-state index contributed by atoms with van der Waals surface area (Å²) in [5, 5.41) is 5.41. The summed E-state index contributed by atoms with van der Waals surface area (Å²) in [5.41, 5.74) is 2.38. The van der Waals surface area contributed by atoms with Crippen molar-refractivity contribution >= 4 is 44.2 Å². The van der Waals surface area contributed by atoms with E-state index in [1.807, 2.05) is 12.1 Å². The Morgan fingerprint density at radius 1 is 0.931 bits per heavy atom. The van der Waals surface area contributed by atoms with Gasteiger partial charge in [-0.05, 0) is 28.0 Å². The van der Waals surface area contributed by atoms with E-state index in [1.54, 1.807) is 36.0 Å². The molecule has 0 saturated heterocycles. The van der Waals surface area contributed by atoms with E-state index in [-0.39, 0.29) is 12.3 Å². The normalized spacial score (nSPS) is 11.3. The molecule has 0 saturated carbocycles. The third-order valence-electron chi connectivity index (χ3n) is 4.37. The Kier molecular flexibility index (Phi) is 7.17. The molecule has 29 heavy (non-hydrogen) atoms. The monoisotopic (exact) mass is 428 g/mol. The van der Waals surface area contributed by atoms with Gasteiger partial charge in [0.05, 0.1) is 18.4 Å². The molecule has 0 radical (unpaired) electrons. The first-order valence-corrected chi connectivity index (χ1v) is 12.3. The molecule has 0 spiro atoms. The van der Waals surface area contributed by atoms with E-state index in [0.29, 0.717) is 17.8 Å². The molecule has 152 valence electrons. The number of amides is 1. The maximum Gasteiger partial charge on any atom is 0.229 e. The number of thioether (sulfide) groups is 1. The largest absolute Gasteiger partial charge is 0.355 e. The van der Waals surface area contributed by atoms with Crippen LogP contribution in [0.2, 0.25) is 0 Å². The minimum absolute atomic E-state index is 0.126. The van der Waals surface area contributed by atoms with Crippen LogP contribution in [0.1, 0.15) is 11.1 Å². The molecular formula is C22H24N2O3S2. The highest BCUT2D eigenvalue weighted by Crippen LogP contribution is 2.22. The number of hydrogen-bond acceptors (Lipinski definition) is 4. The van der Waals surface area contributed by atoms with Crippen molar-refractivity contribution in [3.63, 3.8) is 0 Å². The highest BCUT2D eigenvalue weighted by Gasteiger charge is 2.10. The number of carbonyl (C=O) groups is 1. The van der Waals surface area contributed by atoms with Crippen molar-refractivity contribution in [2.75, 3.05) is 23.3 Å². The van der Waals surface area contributed by atoms with Gasteiger partial charge in [-0.15, -0.1) is 0 Å². The van der Waals surface area contributed by atoms with Crippen molar-refractivity contribution in [2.24, 2.45) is 0 Å². The van der Waals surface area contributed by atoms with Gasteiger partial charge in [0.1, 0.15) is 0 Å². The molecular weight excluding hydrogens is 404 g/mol. The summed E-state index contributed by atoms with van der Waals surface area (Å²) in [6, 6.07) is 21.6. The number of hydrogen-bond donors (Lipinski definition) is 2. The summed E-state index contributed by atoms with van der Waals surface area (Å²) < 4.78 is 25.4. The zero-order chi connectivity index (χ0) is 20.7. The molecule has 2 N–H and O–H groups in total. The van der Waals surface area contributed by atoms with Crippen LogP contribution in [0.4, 0.5) is 5.69 Å². The van der Waals surface area contributed by atoms with E-state index in [4.69, 9.17) is 0 Å². The Morgan fingerprint density at radius 2 is 1.62 bits per heavy atom. The standard InChI is InChI=1S/C22H24N2O3S2/c1-29(26,27)24-21-12-5-3-8-18(21)15-22(25)23-13-14-28-16-19-10-6-9-17-7-2-4-11-20(17)19/h2-12,24H,13-16H2,1H3,(H,23,25). The number of sulfonamides is 1. The molecule has 5 nitrogen and oxygen atoms in total. The van der Waals surface area contributed by atoms with E-state index in [2.05, 4.69) is 40.4 Å². The Hall–Kier alpha value is -2.51. The van der Waals surface area contributed by atoms with Crippen LogP contribution in [0.5, 0.6) is 0 Å². The predicted octanol–water partition coefficient (Wildman–Crippen LogP) is 3.80. The van der Waals surface area contributed by atoms with Crippen molar-refractivity contribution < 1.29 is 13.2 Å². The number of nitrogens with one attached hydrogen (secondary N) is 2. The molecule has 3 rings (SSSR count). The molecule has 0 heterocycles. The average Bonchev–Trinajstić information content (AvgIpc) is 2.68. The van der Waals surface area contributed by atoms with Gasteiger partial charge in [-0.25, -0.2) is 8.42 Å². The second-order valence-corrected chi connectivity index (χ2v) is 9.60. The summed E-state index contributed by atoms with van der Waals surface area (Å²) in [5.74, 6) is 1.56. The van der Waals surface area contributed by atoms with Crippen LogP contribution in [0, 0.1) is 0 Å². The molecule has 0 aliphatic carbocycles. The van der Waals surface area contributed by atoms with E-state index in [1.165, 1.54) is 16.3 Å². The summed E-state index contributed by atoms with van der Waals surface area (Å²) >= 11 is 1.77. The van der Waals surface area contributed by atoms with Gasteiger partial charge >= 0.3 is 0 Å². The molecule has 0 atom stereocenters. The summed E-state index contributed by atoms with van der Waals surface area (Å²) in [6.45, 7) is 0.565. The van der Waals surface area contributed by atoms with Crippen molar-refractivity contribution in [2.45, 2.75) is 12.2 Å². The highest BCUT2D eigenvalue weighted by atomic mass is 32.2. The Labute approximate surface area is 176 Å². The van der Waals surface area contributed by atoms with Gasteiger partial charge in [-0.2, -0.15) is 11.8 Å². The van der Waals surface area contributed by atoms with E-state index in [0.717, 1.165) is 17.8 Å². The van der Waals surface area contributed by atoms with Crippen molar-refractivity contribution in [1.29, 1.82) is 0 Å². The van der Waals surface area contributed by atoms with Crippen molar-refractivity contribution in [3.05, 3.63) is 77.9 Å². The first-order valence-electron chi connectivity index (χ1n) is 9.29. The number of rotatable bonds is 9. The van der Waals surface area contributed by atoms with Crippen LogP contribution in [-0.4, -0.2) is 32.9 Å². The molecule has 3 aromatic carbocycles. The Morgan fingerprint density at radius 3 is 2.45 bits per heavy atom. The number of benzene rings is 3. The second kappa shape index (κ2) is 9.80. The summed E-state index contributed by atoms with van der Waals surface area (Å²) in [4.78, 5) is 12.2. The topological polar surface area (TPSA) is 75.3 Å². The van der Waals surface area contributed by atoms with Crippen molar-refractivity contribution in [1.82, 2.24) is 5.32 Å². The van der Waals surface area contributed by atoms with E-state index >= 15 is 0 Å². The van der Waals surface area contributed by atoms with Crippen LogP contribution in [-0.2, 0) is 27.0 Å². The SMILES string of the molecule is CS(=O)(=O)Nc1ccccc1CC(=O)NCCSCc1cccc2ccccc12. The van der Waals surface area contributed by atoms with Crippen LogP contribution >= 0.6 is 11.8 Å². The Balaban J connectivity index is 1.46. The quantitative estimate of drug-likeness (QED) is 0.508. The summed E-state index contributed by atoms with van der Waals surface area (Å²) in [6.07, 6.45) is 1.23. The van der Waals surface area contributed by atoms with Gasteiger partial charge in [-0.1, -0.05) is 60.7 Å². The fraction of sp³-hybridized carbons (Fsp3) is 0.227. The van der Waals surface area contributed by atoms with Gasteiger partial charge < -0.3 is 5.32 Å². The lowest BCUT2D eigenvalue weighted by Crippen LogP contribution is -2.27. The van der Waals surface area contributed by atoms with Gasteiger partial charge in [-0.3, -0.25) is 9.52 Å². The predicted molar refractivity (Wildman–Crippen MR) is 122 cm³/mol. The molecule has 7 heteroatoms. The summed E-state index contributed by atoms with van der Waals surface area (Å²) in [7, 11) is -3.39. The minimum Gasteiger partial charge on any atom is -0.355 e. The average molecular weight is 429 g/mol. The minimum atomic E-state index is -3.39. The van der Waals surface area contributed by atoms with Crippen LogP contribution in [0.3, 0.4) is 0 Å². The number of para-hydroxylation sites is 1. The number of carbonyl (C=O) groups excluding carboxylic acids is 1. The lowest BCUT2D eigenvalue weighted by atomic mass is 10.1. The maximum atomic E-state index is 12.2. The fourth-order valence-electron chi connectivity index (χ4n) is 3.07. The zero-order valence-electron chi connectivity index (χ0n) is 16.2. The van der Waals surface area contributed by atoms with Gasteiger partial charge in [0.25, 0.3) is 0 Å². The van der Waals surface area contributed by atoms with Gasteiger partial charge in [0, 0.05) is 18.1 Å². The third-order valence-corrected chi connectivity index (χ3v) is 5.97. The van der Waals surface area contributed by atoms with E-state index < -0.39 is 10.0 Å². The second-order valence-electron chi connectivity index (χ2n) is 6.75. The zero-order valence-corrected chi connectivity index (χ0v) is 17.9. The first kappa shape index (κ1) is 21.2. The van der Waals surface area contributed by atoms with Crippen LogP contribution < -0.4 is 10.0 Å². The molecule has 0 aliphatic rings. The molecule has 0 bridgehead atoms. The molecule has 0 aliphatic heterocycles. The molecule has 1 amide bonds. The number of fused-ring (bicyclic) bond motifs is 1. The lowest BCUT2D eigenvalue weighted by Gasteiger charge is -2.11. The molecule has 3 aromatic rings. The lowest BCUT2D eigenvalue weighted by molar-refractivity contribution is -0.120.